The minimum atomic E-state index is -0.818. The topological polar surface area (TPSA) is 63.6 Å². The van der Waals surface area contributed by atoms with Crippen LogP contribution in [0.4, 0.5) is 0 Å². The summed E-state index contributed by atoms with van der Waals surface area (Å²) in [5.74, 6) is -0.976. The summed E-state index contributed by atoms with van der Waals surface area (Å²) in [6, 6.07) is 0. The molecule has 0 rings (SSSR count). The fourth-order valence-electron chi connectivity index (χ4n) is 5.79. The summed E-state index contributed by atoms with van der Waals surface area (Å²) in [6.45, 7) is 4.43. The van der Waals surface area contributed by atoms with Crippen LogP contribution >= 0.6 is 0 Å². The number of carboxylic acid groups (broad SMARTS) is 1. The maximum atomic E-state index is 12.5. The monoisotopic (exact) mass is 669 g/mol. The highest BCUT2D eigenvalue weighted by Gasteiger charge is 2.15. The number of ether oxygens (including phenoxy) is 1. The second-order valence-electron chi connectivity index (χ2n) is 13.4. The largest absolute Gasteiger partial charge is 0.481 e. The van der Waals surface area contributed by atoms with E-state index in [4.69, 9.17) is 9.84 Å². The first-order valence-corrected chi connectivity index (χ1v) is 20.3. The van der Waals surface area contributed by atoms with Crippen molar-refractivity contribution in [1.29, 1.82) is 0 Å². The van der Waals surface area contributed by atoms with Gasteiger partial charge in [-0.15, -0.1) is 0 Å². The van der Waals surface area contributed by atoms with Gasteiger partial charge in [0.2, 0.25) is 0 Å². The zero-order chi connectivity index (χ0) is 35.0. The maximum Gasteiger partial charge on any atom is 0.306 e. The number of allylic oxidation sites excluding steroid dienone is 10. The van der Waals surface area contributed by atoms with Gasteiger partial charge in [0.15, 0.2) is 0 Å². The van der Waals surface area contributed by atoms with Gasteiger partial charge in [0.1, 0.15) is 6.10 Å². The van der Waals surface area contributed by atoms with Crippen molar-refractivity contribution in [1.82, 2.24) is 0 Å². The third-order valence-electron chi connectivity index (χ3n) is 8.77. The van der Waals surface area contributed by atoms with Gasteiger partial charge in [-0.3, -0.25) is 9.59 Å². The van der Waals surface area contributed by atoms with E-state index in [1.807, 2.05) is 0 Å². The number of unbranched alkanes of at least 4 members (excludes halogenated alkanes) is 18. The molecular weight excluding hydrogens is 592 g/mol. The minimum absolute atomic E-state index is 0.0639. The molecule has 1 atom stereocenters. The highest BCUT2D eigenvalue weighted by Crippen LogP contribution is 2.17. The molecule has 1 N–H and O–H groups in total. The van der Waals surface area contributed by atoms with Gasteiger partial charge in [0, 0.05) is 12.8 Å². The molecule has 0 aromatic heterocycles. The molecule has 0 saturated heterocycles. The summed E-state index contributed by atoms with van der Waals surface area (Å²) in [5.41, 5.74) is 0. The second-order valence-corrected chi connectivity index (χ2v) is 13.4. The molecule has 0 heterocycles. The molecule has 0 spiro atoms. The quantitative estimate of drug-likeness (QED) is 0.0410. The van der Waals surface area contributed by atoms with E-state index in [9.17, 15) is 9.59 Å². The number of carboxylic acids is 1. The fourth-order valence-corrected chi connectivity index (χ4v) is 5.79. The molecule has 0 radical (unpaired) electrons. The minimum Gasteiger partial charge on any atom is -0.481 e. The Bertz CT molecular complexity index is 850. The lowest BCUT2D eigenvalue weighted by atomic mass is 10.0. The Morgan fingerprint density at radius 1 is 0.479 bits per heavy atom. The van der Waals surface area contributed by atoms with Gasteiger partial charge in [0.05, 0.1) is 0 Å². The lowest BCUT2D eigenvalue weighted by Gasteiger charge is -2.17. The first kappa shape index (κ1) is 45.6. The van der Waals surface area contributed by atoms with Crippen molar-refractivity contribution in [3.05, 3.63) is 60.8 Å². The molecule has 0 bridgehead atoms. The number of aliphatic carboxylic acids is 1. The van der Waals surface area contributed by atoms with Crippen molar-refractivity contribution in [3.8, 4) is 0 Å². The molecule has 0 aromatic carbocycles. The van der Waals surface area contributed by atoms with E-state index in [0.29, 0.717) is 12.8 Å². The average molecular weight is 669 g/mol. The van der Waals surface area contributed by atoms with Crippen LogP contribution in [0.3, 0.4) is 0 Å². The summed E-state index contributed by atoms with van der Waals surface area (Å²) in [7, 11) is 0. The first-order chi connectivity index (χ1) is 23.6. The van der Waals surface area contributed by atoms with Crippen LogP contribution in [0.15, 0.2) is 60.8 Å². The molecule has 0 aliphatic carbocycles. The zero-order valence-electron chi connectivity index (χ0n) is 31.5. The van der Waals surface area contributed by atoms with E-state index >= 15 is 0 Å². The Morgan fingerprint density at radius 2 is 0.896 bits per heavy atom. The van der Waals surface area contributed by atoms with Crippen LogP contribution < -0.4 is 0 Å². The van der Waals surface area contributed by atoms with E-state index in [2.05, 4.69) is 74.6 Å². The number of carbonyl (C=O) groups is 2. The molecule has 0 aliphatic heterocycles. The fraction of sp³-hybridized carbons (Fsp3) is 0.727. The highest BCUT2D eigenvalue weighted by atomic mass is 16.5. The molecule has 4 nitrogen and oxygen atoms in total. The summed E-state index contributed by atoms with van der Waals surface area (Å²) >= 11 is 0. The normalized spacial score (nSPS) is 12.9. The third kappa shape index (κ3) is 38.1. The van der Waals surface area contributed by atoms with Crippen LogP contribution in [-0.2, 0) is 14.3 Å². The first-order valence-electron chi connectivity index (χ1n) is 20.3. The van der Waals surface area contributed by atoms with Crippen molar-refractivity contribution in [3.63, 3.8) is 0 Å². The van der Waals surface area contributed by atoms with Gasteiger partial charge in [-0.2, -0.15) is 0 Å². The highest BCUT2D eigenvalue weighted by molar-refractivity contribution is 5.69. The van der Waals surface area contributed by atoms with Gasteiger partial charge >= 0.3 is 11.9 Å². The standard InChI is InChI=1S/C44H76O4/c1-3-5-7-9-11-13-15-17-19-20-21-22-23-24-25-27-29-31-33-35-37-39-44(47)48-42(40-41-43(45)46)38-36-34-32-30-28-26-18-16-14-12-10-8-6-4-2/h5,7,11,13,17,19,21-22,24-25,42H,3-4,6,8-10,12,14-16,18,20,23,26-41H2,1-2H3,(H,45,46)/b7-5-,13-11-,19-17-,22-21-,25-24-. The summed E-state index contributed by atoms with van der Waals surface area (Å²) in [6.07, 6.45) is 53.8. The molecule has 48 heavy (non-hydrogen) atoms. The van der Waals surface area contributed by atoms with Crippen LogP contribution in [0, 0.1) is 0 Å². The van der Waals surface area contributed by atoms with E-state index < -0.39 is 5.97 Å². The molecule has 0 amide bonds. The molecule has 0 fully saturated rings. The summed E-state index contributed by atoms with van der Waals surface area (Å²) in [4.78, 5) is 23.6. The molecule has 0 aromatic rings. The summed E-state index contributed by atoms with van der Waals surface area (Å²) in [5, 5.41) is 9.13. The van der Waals surface area contributed by atoms with Crippen LogP contribution in [0.2, 0.25) is 0 Å². The predicted molar refractivity (Wildman–Crippen MR) is 208 cm³/mol. The molecule has 4 heteroatoms. The van der Waals surface area contributed by atoms with Crippen molar-refractivity contribution in [2.24, 2.45) is 0 Å². The van der Waals surface area contributed by atoms with Crippen LogP contribution in [-0.4, -0.2) is 23.1 Å². The van der Waals surface area contributed by atoms with Crippen molar-refractivity contribution in [2.45, 2.75) is 206 Å². The van der Waals surface area contributed by atoms with E-state index in [1.54, 1.807) is 0 Å². The molecular formula is C44H76O4. The number of hydrogen-bond acceptors (Lipinski definition) is 3. The molecule has 0 saturated carbocycles. The number of rotatable bonds is 36. The van der Waals surface area contributed by atoms with Crippen LogP contribution in [0.1, 0.15) is 200 Å². The lowest BCUT2D eigenvalue weighted by molar-refractivity contribution is -0.151. The second kappa shape index (κ2) is 39.1. The van der Waals surface area contributed by atoms with Gasteiger partial charge in [-0.05, 0) is 70.6 Å². The van der Waals surface area contributed by atoms with Crippen LogP contribution in [0.25, 0.3) is 0 Å². The maximum absolute atomic E-state index is 12.5. The Hall–Kier alpha value is -2.36. The van der Waals surface area contributed by atoms with E-state index in [1.165, 1.54) is 89.9 Å². The number of carbonyl (C=O) groups excluding carboxylic acids is 1. The van der Waals surface area contributed by atoms with Gasteiger partial charge in [-0.1, -0.05) is 177 Å². The molecule has 1 unspecified atom stereocenters. The molecule has 276 valence electrons. The third-order valence-corrected chi connectivity index (χ3v) is 8.77. The van der Waals surface area contributed by atoms with Crippen molar-refractivity contribution in [2.75, 3.05) is 0 Å². The van der Waals surface area contributed by atoms with Crippen molar-refractivity contribution < 1.29 is 19.4 Å². The Kier molecular flexibility index (Phi) is 37.2. The van der Waals surface area contributed by atoms with E-state index in [0.717, 1.165) is 77.0 Å². The van der Waals surface area contributed by atoms with Crippen LogP contribution in [0.5, 0.6) is 0 Å². The molecule has 0 aliphatic rings. The van der Waals surface area contributed by atoms with Gasteiger partial charge in [-0.25, -0.2) is 0 Å². The Labute approximate surface area is 297 Å². The average Bonchev–Trinajstić information content (AvgIpc) is 3.07. The SMILES string of the molecule is CC/C=C\C/C=C\C/C=C\C/C=C\C/C=C\CCCCCCCC(=O)OC(CCCCCCCCCCCCCCCC)CCC(=O)O. The Balaban J connectivity index is 3.79. The van der Waals surface area contributed by atoms with Gasteiger partial charge in [0.25, 0.3) is 0 Å². The predicted octanol–water partition coefficient (Wildman–Crippen LogP) is 14.1. The lowest BCUT2D eigenvalue weighted by Crippen LogP contribution is -2.19. The number of hydrogen-bond donors (Lipinski definition) is 1. The Morgan fingerprint density at radius 3 is 1.38 bits per heavy atom. The van der Waals surface area contributed by atoms with Gasteiger partial charge < -0.3 is 9.84 Å². The summed E-state index contributed by atoms with van der Waals surface area (Å²) < 4.78 is 5.73. The van der Waals surface area contributed by atoms with E-state index in [-0.39, 0.29) is 18.5 Å². The smallest absolute Gasteiger partial charge is 0.306 e. The zero-order valence-corrected chi connectivity index (χ0v) is 31.5. The van der Waals surface area contributed by atoms with Crippen molar-refractivity contribution >= 4 is 11.9 Å². The number of esters is 1.